The van der Waals surface area contributed by atoms with Crippen molar-refractivity contribution in [3.8, 4) is 39.0 Å². The predicted molar refractivity (Wildman–Crippen MR) is 164 cm³/mol. The van der Waals surface area contributed by atoms with Crippen molar-refractivity contribution in [3.05, 3.63) is 67.2 Å². The minimum atomic E-state index is -0.264. The lowest BCUT2D eigenvalue weighted by atomic mass is 10.1. The van der Waals surface area contributed by atoms with Gasteiger partial charge in [0.15, 0.2) is 0 Å². The summed E-state index contributed by atoms with van der Waals surface area (Å²) in [5.41, 5.74) is 1.91. The van der Waals surface area contributed by atoms with Gasteiger partial charge in [-0.05, 0) is 91.5 Å². The minimum absolute atomic E-state index is 0.214. The number of hydrogen-bond acceptors (Lipinski definition) is 9. The molecule has 0 aliphatic rings. The van der Waals surface area contributed by atoms with E-state index in [0.717, 1.165) is 57.7 Å². The first kappa shape index (κ1) is 27.0. The maximum Gasteiger partial charge on any atom is 0.310 e. The van der Waals surface area contributed by atoms with Crippen molar-refractivity contribution in [1.29, 1.82) is 0 Å². The first-order valence-electron chi connectivity index (χ1n) is 10.9. The van der Waals surface area contributed by atoms with Crippen molar-refractivity contribution in [2.45, 2.75) is 12.8 Å². The van der Waals surface area contributed by atoms with E-state index in [1.807, 2.05) is 12.1 Å². The first-order chi connectivity index (χ1) is 17.8. The molecule has 0 saturated carbocycles. The summed E-state index contributed by atoms with van der Waals surface area (Å²) >= 11 is 15.5. The normalized spacial score (nSPS) is 11.1. The second-order valence-electron chi connectivity index (χ2n) is 7.81. The maximum atomic E-state index is 12.2. The standard InChI is InChI=1S/C26H18Br2O4S5/c1-31-23(29)11-13-9-19(15-5-7-21(27)34-15)36-25(13)17-3-4-18(33-17)26-14(12-24(30)32-2)10-20(37-26)16-6-8-22(28)35-16/h3-10H,11-12H2,1-2H3. The molecule has 0 spiro atoms. The topological polar surface area (TPSA) is 52.6 Å². The molecule has 0 fully saturated rings. The van der Waals surface area contributed by atoms with Gasteiger partial charge in [-0.3, -0.25) is 9.59 Å². The molecule has 0 amide bonds. The van der Waals surface area contributed by atoms with Crippen molar-refractivity contribution in [2.75, 3.05) is 14.2 Å². The fourth-order valence-corrected chi connectivity index (χ4v) is 10.3. The van der Waals surface area contributed by atoms with E-state index in [4.69, 9.17) is 9.47 Å². The highest BCUT2D eigenvalue weighted by molar-refractivity contribution is 9.11. The van der Waals surface area contributed by atoms with Crippen LogP contribution in [0.1, 0.15) is 11.1 Å². The van der Waals surface area contributed by atoms with Crippen LogP contribution >= 0.6 is 88.5 Å². The Kier molecular flexibility index (Phi) is 8.49. The lowest BCUT2D eigenvalue weighted by molar-refractivity contribution is -0.140. The number of hydrogen-bond donors (Lipinski definition) is 0. The van der Waals surface area contributed by atoms with E-state index >= 15 is 0 Å². The molecule has 0 bridgehead atoms. The monoisotopic (exact) mass is 712 g/mol. The molecule has 5 aromatic rings. The number of thiophene rings is 5. The minimum Gasteiger partial charge on any atom is -0.469 e. The molecule has 0 unspecified atom stereocenters. The zero-order valence-electron chi connectivity index (χ0n) is 19.5. The van der Waals surface area contributed by atoms with E-state index in [9.17, 15) is 9.59 Å². The van der Waals surface area contributed by atoms with Crippen LogP contribution in [0.15, 0.2) is 56.1 Å². The van der Waals surface area contributed by atoms with Crippen molar-refractivity contribution in [1.82, 2.24) is 0 Å². The predicted octanol–water partition coefficient (Wildman–Crippen LogP) is 9.62. The van der Waals surface area contributed by atoms with Gasteiger partial charge >= 0.3 is 11.9 Å². The van der Waals surface area contributed by atoms with Gasteiger partial charge < -0.3 is 9.47 Å². The fourth-order valence-electron chi connectivity index (χ4n) is 3.71. The molecule has 0 N–H and O–H groups in total. The molecule has 0 aliphatic heterocycles. The van der Waals surface area contributed by atoms with Crippen molar-refractivity contribution < 1.29 is 19.1 Å². The van der Waals surface area contributed by atoms with Crippen LogP contribution in [0.25, 0.3) is 39.0 Å². The van der Waals surface area contributed by atoms with Gasteiger partial charge in [-0.15, -0.1) is 56.7 Å². The van der Waals surface area contributed by atoms with Crippen LogP contribution in [0, 0.1) is 0 Å². The SMILES string of the molecule is COC(=O)Cc1cc(-c2ccc(Br)s2)sc1-c1ccc(-c2sc(-c3ccc(Br)s3)cc2CC(=O)OC)s1. The number of esters is 2. The van der Waals surface area contributed by atoms with E-state index in [2.05, 4.69) is 68.3 Å². The molecule has 190 valence electrons. The zero-order chi connectivity index (χ0) is 26.1. The van der Waals surface area contributed by atoms with Crippen LogP contribution in [0.5, 0.6) is 0 Å². The van der Waals surface area contributed by atoms with Crippen LogP contribution < -0.4 is 0 Å². The summed E-state index contributed by atoms with van der Waals surface area (Å²) in [5.74, 6) is -0.528. The molecule has 0 radical (unpaired) electrons. The Morgan fingerprint density at radius 2 is 1.00 bits per heavy atom. The van der Waals surface area contributed by atoms with Gasteiger partial charge in [-0.2, -0.15) is 0 Å². The number of halogens is 2. The van der Waals surface area contributed by atoms with Crippen LogP contribution in [0.4, 0.5) is 0 Å². The Hall–Kier alpha value is -1.60. The molecule has 5 rings (SSSR count). The molecule has 4 nitrogen and oxygen atoms in total. The molecule has 0 aromatic carbocycles. The Morgan fingerprint density at radius 1 is 0.595 bits per heavy atom. The number of rotatable bonds is 8. The molecule has 0 saturated heterocycles. The third-order valence-electron chi connectivity index (χ3n) is 5.43. The van der Waals surface area contributed by atoms with Crippen LogP contribution in [-0.4, -0.2) is 26.2 Å². The molecule has 5 aromatic heterocycles. The molecule has 5 heterocycles. The highest BCUT2D eigenvalue weighted by atomic mass is 79.9. The molecule has 0 atom stereocenters. The Balaban J connectivity index is 1.55. The summed E-state index contributed by atoms with van der Waals surface area (Å²) in [5, 5.41) is 0. The summed E-state index contributed by atoms with van der Waals surface area (Å²) in [6.07, 6.45) is 0.429. The maximum absolute atomic E-state index is 12.2. The van der Waals surface area contributed by atoms with E-state index in [1.54, 1.807) is 56.7 Å². The highest BCUT2D eigenvalue weighted by Crippen LogP contribution is 2.48. The molecular formula is C26H18Br2O4S5. The lowest BCUT2D eigenvalue weighted by Gasteiger charge is -2.02. The Morgan fingerprint density at radius 3 is 1.35 bits per heavy atom. The lowest BCUT2D eigenvalue weighted by Crippen LogP contribution is -2.04. The fraction of sp³-hybridized carbons (Fsp3) is 0.154. The first-order valence-corrected chi connectivity index (χ1v) is 16.5. The third-order valence-corrected chi connectivity index (χ3v) is 12.9. The third kappa shape index (κ3) is 6.03. The second-order valence-corrected chi connectivity index (χ2v) is 15.9. The van der Waals surface area contributed by atoms with E-state index < -0.39 is 0 Å². The van der Waals surface area contributed by atoms with Crippen molar-refractivity contribution in [3.63, 3.8) is 0 Å². The summed E-state index contributed by atoms with van der Waals surface area (Å²) < 4.78 is 12.1. The second kappa shape index (κ2) is 11.6. The molecule has 11 heteroatoms. The van der Waals surface area contributed by atoms with E-state index in [1.165, 1.54) is 14.2 Å². The van der Waals surface area contributed by atoms with Crippen molar-refractivity contribution >= 4 is 100 Å². The number of carbonyl (C=O) groups is 2. The number of carbonyl (C=O) groups excluding carboxylic acids is 2. The zero-order valence-corrected chi connectivity index (χ0v) is 26.7. The largest absolute Gasteiger partial charge is 0.469 e. The van der Waals surface area contributed by atoms with Crippen LogP contribution in [-0.2, 0) is 31.9 Å². The van der Waals surface area contributed by atoms with Crippen molar-refractivity contribution in [2.24, 2.45) is 0 Å². The van der Waals surface area contributed by atoms with Gasteiger partial charge in [-0.1, -0.05) is 0 Å². The van der Waals surface area contributed by atoms with Gasteiger partial charge in [0.05, 0.1) is 34.6 Å². The number of ether oxygens (including phenoxy) is 2. The summed E-state index contributed by atoms with van der Waals surface area (Å²) in [6.45, 7) is 0. The average molecular weight is 715 g/mol. The average Bonchev–Trinajstić information content (AvgIpc) is 3.69. The summed E-state index contributed by atoms with van der Waals surface area (Å²) in [7, 11) is 2.83. The highest BCUT2D eigenvalue weighted by Gasteiger charge is 2.21. The van der Waals surface area contributed by atoms with Crippen LogP contribution in [0.2, 0.25) is 0 Å². The van der Waals surface area contributed by atoms with Crippen LogP contribution in [0.3, 0.4) is 0 Å². The summed E-state index contributed by atoms with van der Waals surface area (Å²) in [4.78, 5) is 33.2. The van der Waals surface area contributed by atoms with Gasteiger partial charge in [0.1, 0.15) is 0 Å². The Labute approximate surface area is 250 Å². The quantitative estimate of drug-likeness (QED) is 0.150. The molecular weight excluding hydrogens is 696 g/mol. The van der Waals surface area contributed by atoms with Gasteiger partial charge in [0.25, 0.3) is 0 Å². The van der Waals surface area contributed by atoms with Gasteiger partial charge in [0.2, 0.25) is 0 Å². The summed E-state index contributed by atoms with van der Waals surface area (Å²) in [6, 6.07) is 16.6. The molecule has 37 heavy (non-hydrogen) atoms. The van der Waals surface area contributed by atoms with E-state index in [0.29, 0.717) is 0 Å². The molecule has 0 aliphatic carbocycles. The van der Waals surface area contributed by atoms with Gasteiger partial charge in [-0.25, -0.2) is 0 Å². The van der Waals surface area contributed by atoms with Gasteiger partial charge in [0, 0.05) is 39.0 Å². The smallest absolute Gasteiger partial charge is 0.310 e. The Bertz CT molecular complexity index is 1470. The number of methoxy groups -OCH3 is 2. The van der Waals surface area contributed by atoms with E-state index in [-0.39, 0.29) is 24.8 Å².